The molecule has 24 heavy (non-hydrogen) atoms. The Labute approximate surface area is 144 Å². The Morgan fingerprint density at radius 1 is 1.04 bits per heavy atom. The van der Waals surface area contributed by atoms with E-state index in [0.29, 0.717) is 24.3 Å². The lowest BCUT2D eigenvalue weighted by Gasteiger charge is -2.18. The minimum absolute atomic E-state index is 0.122. The van der Waals surface area contributed by atoms with Gasteiger partial charge in [-0.2, -0.15) is 0 Å². The normalized spacial score (nSPS) is 13.8. The lowest BCUT2D eigenvalue weighted by atomic mass is 10.1. The Kier molecular flexibility index (Phi) is 4.81. The zero-order valence-electron chi connectivity index (χ0n) is 12.9. The molecule has 0 aromatic heterocycles. The molecule has 2 aromatic rings. The summed E-state index contributed by atoms with van der Waals surface area (Å²) in [7, 11) is 0. The first-order valence-corrected chi connectivity index (χ1v) is 8.09. The molecular formula is C18H16ClFN2O2. The van der Waals surface area contributed by atoms with Crippen molar-refractivity contribution in [3.8, 4) is 0 Å². The van der Waals surface area contributed by atoms with E-state index >= 15 is 0 Å². The van der Waals surface area contributed by atoms with Gasteiger partial charge in [-0.15, -0.1) is 0 Å². The van der Waals surface area contributed by atoms with E-state index in [1.165, 1.54) is 12.1 Å². The SMILES string of the molecule is O=C(Nc1ccccc1C(=O)N1CCCC1)c1ccc(Cl)cc1F. The van der Waals surface area contributed by atoms with Crippen LogP contribution in [-0.4, -0.2) is 29.8 Å². The van der Waals surface area contributed by atoms with Crippen LogP contribution in [0.2, 0.25) is 5.02 Å². The van der Waals surface area contributed by atoms with E-state index < -0.39 is 11.7 Å². The minimum Gasteiger partial charge on any atom is -0.339 e. The number of nitrogens with zero attached hydrogens (tertiary/aromatic N) is 1. The van der Waals surface area contributed by atoms with Crippen LogP contribution < -0.4 is 5.32 Å². The zero-order valence-corrected chi connectivity index (χ0v) is 13.6. The third-order valence-electron chi connectivity index (χ3n) is 3.97. The Bertz CT molecular complexity index is 788. The van der Waals surface area contributed by atoms with Crippen LogP contribution in [0.1, 0.15) is 33.6 Å². The molecule has 1 N–H and O–H groups in total. The standard InChI is InChI=1S/C18H16ClFN2O2/c19-12-7-8-13(15(20)11-12)17(23)21-16-6-2-1-5-14(16)18(24)22-9-3-4-10-22/h1-2,5-8,11H,3-4,9-10H2,(H,21,23). The molecule has 1 aliphatic heterocycles. The topological polar surface area (TPSA) is 49.4 Å². The molecule has 1 fully saturated rings. The van der Waals surface area contributed by atoms with Crippen LogP contribution in [0, 0.1) is 5.82 Å². The van der Waals surface area contributed by atoms with E-state index in [4.69, 9.17) is 11.6 Å². The van der Waals surface area contributed by atoms with Crippen molar-refractivity contribution in [3.63, 3.8) is 0 Å². The van der Waals surface area contributed by atoms with Gasteiger partial charge in [0.2, 0.25) is 0 Å². The number of hydrogen-bond acceptors (Lipinski definition) is 2. The number of anilines is 1. The molecule has 6 heteroatoms. The predicted octanol–water partition coefficient (Wildman–Crippen LogP) is 3.97. The Balaban J connectivity index is 1.84. The smallest absolute Gasteiger partial charge is 0.258 e. The van der Waals surface area contributed by atoms with Gasteiger partial charge in [0.25, 0.3) is 11.8 Å². The van der Waals surface area contributed by atoms with E-state index in [-0.39, 0.29) is 16.5 Å². The van der Waals surface area contributed by atoms with Gasteiger partial charge in [-0.05, 0) is 43.2 Å². The number of carbonyl (C=O) groups excluding carboxylic acids is 2. The van der Waals surface area contributed by atoms with Gasteiger partial charge in [0, 0.05) is 18.1 Å². The van der Waals surface area contributed by atoms with Crippen LogP contribution in [0.4, 0.5) is 10.1 Å². The molecule has 0 aliphatic carbocycles. The molecule has 1 heterocycles. The van der Waals surface area contributed by atoms with Crippen LogP contribution in [0.25, 0.3) is 0 Å². The van der Waals surface area contributed by atoms with E-state index in [1.54, 1.807) is 29.2 Å². The Hall–Kier alpha value is -2.40. The molecule has 0 spiro atoms. The lowest BCUT2D eigenvalue weighted by Crippen LogP contribution is -2.28. The van der Waals surface area contributed by atoms with Gasteiger partial charge in [0.05, 0.1) is 16.8 Å². The first-order valence-electron chi connectivity index (χ1n) is 7.71. The summed E-state index contributed by atoms with van der Waals surface area (Å²) in [5, 5.41) is 2.84. The highest BCUT2D eigenvalue weighted by Crippen LogP contribution is 2.22. The number of amides is 2. The monoisotopic (exact) mass is 346 g/mol. The second-order valence-corrected chi connectivity index (χ2v) is 6.06. The molecule has 3 rings (SSSR count). The number of rotatable bonds is 3. The second-order valence-electron chi connectivity index (χ2n) is 5.62. The summed E-state index contributed by atoms with van der Waals surface area (Å²) in [5.74, 6) is -1.45. The summed E-state index contributed by atoms with van der Waals surface area (Å²) in [6.07, 6.45) is 1.96. The van der Waals surface area contributed by atoms with Gasteiger partial charge in [0.15, 0.2) is 0 Å². The number of halogens is 2. The number of para-hydroxylation sites is 1. The molecule has 1 aliphatic rings. The van der Waals surface area contributed by atoms with Gasteiger partial charge < -0.3 is 10.2 Å². The first kappa shape index (κ1) is 16.5. The summed E-state index contributed by atoms with van der Waals surface area (Å²) in [6.45, 7) is 1.43. The third kappa shape index (κ3) is 3.41. The molecule has 2 aromatic carbocycles. The molecule has 2 amide bonds. The van der Waals surface area contributed by atoms with Crippen LogP contribution in [0.5, 0.6) is 0 Å². The molecule has 0 saturated carbocycles. The van der Waals surface area contributed by atoms with Crippen LogP contribution in [-0.2, 0) is 0 Å². The minimum atomic E-state index is -0.705. The summed E-state index contributed by atoms with van der Waals surface area (Å²) < 4.78 is 13.9. The maximum atomic E-state index is 13.9. The molecule has 0 bridgehead atoms. The van der Waals surface area contributed by atoms with Crippen molar-refractivity contribution in [2.45, 2.75) is 12.8 Å². The number of likely N-dealkylation sites (tertiary alicyclic amines) is 1. The molecule has 4 nitrogen and oxygen atoms in total. The summed E-state index contributed by atoms with van der Waals surface area (Å²) in [5.41, 5.74) is 0.652. The highest BCUT2D eigenvalue weighted by Gasteiger charge is 2.22. The Morgan fingerprint density at radius 2 is 1.75 bits per heavy atom. The van der Waals surface area contributed by atoms with E-state index in [1.807, 2.05) is 0 Å². The van der Waals surface area contributed by atoms with Crippen LogP contribution in [0.3, 0.4) is 0 Å². The molecule has 1 saturated heterocycles. The first-order chi connectivity index (χ1) is 11.6. The highest BCUT2D eigenvalue weighted by atomic mass is 35.5. The third-order valence-corrected chi connectivity index (χ3v) is 4.21. The average molecular weight is 347 g/mol. The summed E-state index contributed by atoms with van der Waals surface area (Å²) in [4.78, 5) is 26.7. The number of carbonyl (C=O) groups is 2. The molecule has 0 radical (unpaired) electrons. The summed E-state index contributed by atoms with van der Waals surface area (Å²) >= 11 is 5.70. The van der Waals surface area contributed by atoms with Gasteiger partial charge in [-0.25, -0.2) is 4.39 Å². The number of hydrogen-bond donors (Lipinski definition) is 1. The highest BCUT2D eigenvalue weighted by molar-refractivity contribution is 6.30. The number of nitrogens with one attached hydrogen (secondary N) is 1. The van der Waals surface area contributed by atoms with Crippen molar-refractivity contribution in [1.82, 2.24) is 4.90 Å². The fourth-order valence-electron chi connectivity index (χ4n) is 2.73. The fraction of sp³-hybridized carbons (Fsp3) is 0.222. The maximum absolute atomic E-state index is 13.9. The van der Waals surface area contributed by atoms with E-state index in [2.05, 4.69) is 5.32 Å². The van der Waals surface area contributed by atoms with Crippen molar-refractivity contribution in [2.75, 3.05) is 18.4 Å². The predicted molar refractivity (Wildman–Crippen MR) is 90.9 cm³/mol. The lowest BCUT2D eigenvalue weighted by molar-refractivity contribution is 0.0794. The van der Waals surface area contributed by atoms with Crippen molar-refractivity contribution in [3.05, 3.63) is 64.4 Å². The van der Waals surface area contributed by atoms with Gasteiger partial charge in [-0.3, -0.25) is 9.59 Å². The van der Waals surface area contributed by atoms with Gasteiger partial charge >= 0.3 is 0 Å². The van der Waals surface area contributed by atoms with E-state index in [0.717, 1.165) is 18.9 Å². The Morgan fingerprint density at radius 3 is 2.46 bits per heavy atom. The fourth-order valence-corrected chi connectivity index (χ4v) is 2.89. The summed E-state index contributed by atoms with van der Waals surface area (Å²) in [6, 6.07) is 10.6. The largest absolute Gasteiger partial charge is 0.339 e. The average Bonchev–Trinajstić information content (AvgIpc) is 3.09. The zero-order chi connectivity index (χ0) is 17.1. The quantitative estimate of drug-likeness (QED) is 0.914. The van der Waals surface area contributed by atoms with Crippen LogP contribution in [0.15, 0.2) is 42.5 Å². The van der Waals surface area contributed by atoms with Crippen molar-refractivity contribution >= 4 is 29.1 Å². The number of benzene rings is 2. The van der Waals surface area contributed by atoms with Crippen LogP contribution >= 0.6 is 11.6 Å². The van der Waals surface area contributed by atoms with Crippen molar-refractivity contribution in [2.24, 2.45) is 0 Å². The van der Waals surface area contributed by atoms with Gasteiger partial charge in [-0.1, -0.05) is 23.7 Å². The molecule has 0 unspecified atom stereocenters. The molecule has 0 atom stereocenters. The van der Waals surface area contributed by atoms with Crippen molar-refractivity contribution in [1.29, 1.82) is 0 Å². The van der Waals surface area contributed by atoms with Gasteiger partial charge in [0.1, 0.15) is 5.82 Å². The molecular weight excluding hydrogens is 331 g/mol. The second kappa shape index (κ2) is 7.01. The maximum Gasteiger partial charge on any atom is 0.258 e. The van der Waals surface area contributed by atoms with Crippen molar-refractivity contribution < 1.29 is 14.0 Å². The van der Waals surface area contributed by atoms with E-state index in [9.17, 15) is 14.0 Å². The molecule has 124 valence electrons.